The van der Waals surface area contributed by atoms with Gasteiger partial charge in [0.15, 0.2) is 0 Å². The highest BCUT2D eigenvalue weighted by Crippen LogP contribution is 2.46. The fourth-order valence-corrected chi connectivity index (χ4v) is 9.66. The number of alkyl halides is 3. The number of nitrogens with zero attached hydrogens (tertiary/aromatic N) is 6. The molecule has 0 radical (unpaired) electrons. The average Bonchev–Trinajstić information content (AvgIpc) is 3.89. The van der Waals surface area contributed by atoms with Crippen molar-refractivity contribution in [1.82, 2.24) is 9.13 Å². The first-order chi connectivity index (χ1) is 33.2. The summed E-state index contributed by atoms with van der Waals surface area (Å²) in [5.74, 6) is 0. The predicted octanol–water partition coefficient (Wildman–Crippen LogP) is 15.1. The topological polar surface area (TPSA) is 105 Å². The lowest BCUT2D eigenvalue weighted by Crippen LogP contribution is -2.08. The molecule has 0 aliphatic heterocycles. The largest absolute Gasteiger partial charge is 0.417 e. The molecule has 2 heterocycles. The van der Waals surface area contributed by atoms with Gasteiger partial charge in [-0.1, -0.05) is 91.0 Å². The van der Waals surface area contributed by atoms with Gasteiger partial charge in [0.1, 0.15) is 0 Å². The molecule has 6 nitrogen and oxygen atoms in total. The zero-order valence-corrected chi connectivity index (χ0v) is 35.7. The molecule has 2 aromatic heterocycles. The van der Waals surface area contributed by atoms with Crippen LogP contribution in [-0.4, -0.2) is 9.13 Å². The minimum absolute atomic E-state index is 0.114. The highest BCUT2D eigenvalue weighted by Gasteiger charge is 2.34. The van der Waals surface area contributed by atoms with E-state index >= 15 is 0 Å². The van der Waals surface area contributed by atoms with Crippen LogP contribution in [-0.2, 0) is 6.18 Å². The van der Waals surface area contributed by atoms with E-state index in [2.05, 4.69) is 39.5 Å². The van der Waals surface area contributed by atoms with E-state index in [1.54, 1.807) is 30.3 Å². The van der Waals surface area contributed by atoms with Gasteiger partial charge in [-0.2, -0.15) is 34.2 Å². The van der Waals surface area contributed by atoms with Gasteiger partial charge in [0.05, 0.1) is 85.5 Å². The molecule has 0 saturated carbocycles. The molecular weight excluding hydrogens is 850 g/mol. The van der Waals surface area contributed by atoms with Crippen molar-refractivity contribution in [3.63, 3.8) is 0 Å². The molecule has 68 heavy (non-hydrogen) atoms. The molecule has 0 aliphatic rings. The first-order valence-corrected chi connectivity index (χ1v) is 21.5. The highest BCUT2D eigenvalue weighted by molar-refractivity contribution is 6.13. The van der Waals surface area contributed by atoms with E-state index < -0.39 is 11.7 Å². The smallest absolute Gasteiger partial charge is 0.309 e. The Hall–Kier alpha value is -9.67. The number of rotatable bonds is 6. The second-order valence-electron chi connectivity index (χ2n) is 16.5. The van der Waals surface area contributed by atoms with Crippen molar-refractivity contribution in [2.45, 2.75) is 6.18 Å². The van der Waals surface area contributed by atoms with Crippen LogP contribution in [0.2, 0.25) is 0 Å². The molecule has 9 heteroatoms. The monoisotopic (exact) mass is 880 g/mol. The van der Waals surface area contributed by atoms with Crippen LogP contribution in [0.4, 0.5) is 13.2 Å². The van der Waals surface area contributed by atoms with Crippen molar-refractivity contribution in [2.75, 3.05) is 0 Å². The Bertz CT molecular complexity index is 4090. The third kappa shape index (κ3) is 6.71. The maximum Gasteiger partial charge on any atom is 0.417 e. The molecule has 11 rings (SSSR count). The summed E-state index contributed by atoms with van der Waals surface area (Å²) in [5.41, 5.74) is 9.55. The van der Waals surface area contributed by atoms with Gasteiger partial charge in [-0.15, -0.1) is 0 Å². The summed E-state index contributed by atoms with van der Waals surface area (Å²) in [4.78, 5) is 0. The first kappa shape index (κ1) is 41.1. The molecule has 0 bridgehead atoms. The van der Waals surface area contributed by atoms with Crippen LogP contribution in [0, 0.1) is 45.3 Å². The van der Waals surface area contributed by atoms with Gasteiger partial charge in [0.25, 0.3) is 0 Å². The third-order valence-electron chi connectivity index (χ3n) is 12.7. The Kier molecular flexibility index (Phi) is 9.72. The molecule has 9 aromatic carbocycles. The lowest BCUT2D eigenvalue weighted by molar-refractivity contribution is -0.137. The van der Waals surface area contributed by atoms with Gasteiger partial charge in [-0.05, 0) is 130 Å². The van der Waals surface area contributed by atoms with E-state index in [1.807, 2.05) is 133 Å². The minimum atomic E-state index is -4.79. The van der Waals surface area contributed by atoms with Gasteiger partial charge in [0.2, 0.25) is 0 Å². The van der Waals surface area contributed by atoms with Gasteiger partial charge in [-0.25, -0.2) is 0 Å². The van der Waals surface area contributed by atoms with Crippen LogP contribution in [0.3, 0.4) is 0 Å². The Balaban J connectivity index is 1.23. The summed E-state index contributed by atoms with van der Waals surface area (Å²) in [6.07, 6.45) is -4.79. The standard InChI is InChI=1S/C59H31F3N6/c60-59(61,62)51-28-38(34-65)18-22-45(51)43-21-25-56(67-52-15-3-1-13-46(52)48-29-41(19-23-54(48)67)39-10-5-8-36(26-39)32-63)50(31-43)58-44(35-66)12-7-17-57(58)68-53-16-4-2-14-47(53)49-30-42(20-24-55(49)68)40-11-6-9-37(27-40)33-64/h1-31H. The van der Waals surface area contributed by atoms with E-state index in [0.29, 0.717) is 39.2 Å². The van der Waals surface area contributed by atoms with Crippen LogP contribution in [0.5, 0.6) is 0 Å². The van der Waals surface area contributed by atoms with Gasteiger partial charge >= 0.3 is 6.18 Å². The van der Waals surface area contributed by atoms with Crippen LogP contribution < -0.4 is 0 Å². The number of benzene rings is 9. The highest BCUT2D eigenvalue weighted by atomic mass is 19.4. The van der Waals surface area contributed by atoms with E-state index in [1.165, 1.54) is 12.1 Å². The molecule has 0 aliphatic carbocycles. The van der Waals surface area contributed by atoms with Gasteiger partial charge < -0.3 is 9.13 Å². The minimum Gasteiger partial charge on any atom is -0.309 e. The summed E-state index contributed by atoms with van der Waals surface area (Å²) < 4.78 is 49.1. The summed E-state index contributed by atoms with van der Waals surface area (Å²) in [6, 6.07) is 65.9. The van der Waals surface area contributed by atoms with Gasteiger partial charge in [-0.3, -0.25) is 0 Å². The number of nitriles is 4. The zero-order valence-electron chi connectivity index (χ0n) is 35.7. The Labute approximate surface area is 387 Å². The fourth-order valence-electron chi connectivity index (χ4n) is 9.66. The van der Waals surface area contributed by atoms with Crippen molar-refractivity contribution in [1.29, 1.82) is 21.0 Å². The van der Waals surface area contributed by atoms with Crippen LogP contribution in [0.25, 0.3) is 99.5 Å². The Morgan fingerprint density at radius 2 is 0.853 bits per heavy atom. The Morgan fingerprint density at radius 1 is 0.353 bits per heavy atom. The molecule has 0 amide bonds. The first-order valence-electron chi connectivity index (χ1n) is 21.5. The van der Waals surface area contributed by atoms with Crippen LogP contribution in [0.15, 0.2) is 188 Å². The number of fused-ring (bicyclic) bond motifs is 6. The normalized spacial score (nSPS) is 11.4. The molecule has 0 atom stereocenters. The molecule has 0 spiro atoms. The number of hydrogen-bond donors (Lipinski definition) is 0. The lowest BCUT2D eigenvalue weighted by atomic mass is 9.90. The number of aromatic nitrogens is 2. The second-order valence-corrected chi connectivity index (χ2v) is 16.5. The molecule has 0 N–H and O–H groups in total. The summed E-state index contributed by atoms with van der Waals surface area (Å²) >= 11 is 0. The summed E-state index contributed by atoms with van der Waals surface area (Å²) in [5, 5.41) is 43.8. The summed E-state index contributed by atoms with van der Waals surface area (Å²) in [6.45, 7) is 0. The fraction of sp³-hybridized carbons (Fsp3) is 0.0169. The van der Waals surface area contributed by atoms with E-state index in [-0.39, 0.29) is 16.7 Å². The molecule has 0 saturated heterocycles. The van der Waals surface area contributed by atoms with E-state index in [0.717, 1.165) is 71.9 Å². The molecule has 0 fully saturated rings. The van der Waals surface area contributed by atoms with Crippen molar-refractivity contribution in [3.8, 4) is 80.2 Å². The van der Waals surface area contributed by atoms with Crippen LogP contribution >= 0.6 is 0 Å². The van der Waals surface area contributed by atoms with Crippen molar-refractivity contribution >= 4 is 43.6 Å². The van der Waals surface area contributed by atoms with Crippen molar-refractivity contribution in [3.05, 3.63) is 216 Å². The predicted molar refractivity (Wildman–Crippen MR) is 261 cm³/mol. The number of halogens is 3. The molecular formula is C59H31F3N6. The molecule has 318 valence electrons. The van der Waals surface area contributed by atoms with E-state index in [9.17, 15) is 34.2 Å². The average molecular weight is 881 g/mol. The lowest BCUT2D eigenvalue weighted by Gasteiger charge is -2.21. The molecule has 11 aromatic rings. The summed E-state index contributed by atoms with van der Waals surface area (Å²) in [7, 11) is 0. The Morgan fingerprint density at radius 3 is 1.41 bits per heavy atom. The SMILES string of the molecule is N#Cc1cccc(-c2ccc3c(c2)c2ccccc2n3-c2ccc(-c3ccc(C#N)cc3C(F)(F)F)cc2-c2c(C#N)cccc2-n2c3ccccc3c3cc(-c4cccc(C#N)c4)ccc32)c1. The number of hydrogen-bond acceptors (Lipinski definition) is 4. The zero-order chi connectivity index (χ0) is 46.7. The van der Waals surface area contributed by atoms with Crippen LogP contribution in [0.1, 0.15) is 27.8 Å². The van der Waals surface area contributed by atoms with Crippen molar-refractivity contribution < 1.29 is 13.2 Å². The maximum absolute atomic E-state index is 15.0. The third-order valence-corrected chi connectivity index (χ3v) is 12.7. The second kappa shape index (κ2) is 16.1. The van der Waals surface area contributed by atoms with E-state index in [4.69, 9.17) is 0 Å². The van der Waals surface area contributed by atoms with Gasteiger partial charge in [0, 0.05) is 32.7 Å². The maximum atomic E-state index is 15.0. The molecule has 0 unspecified atom stereocenters. The quantitative estimate of drug-likeness (QED) is 0.166. The number of para-hydroxylation sites is 2. The van der Waals surface area contributed by atoms with Crippen molar-refractivity contribution in [2.24, 2.45) is 0 Å².